The number of fused-ring (bicyclic) bond motifs is 1. The molecule has 2 N–H and O–H groups in total. The van der Waals surface area contributed by atoms with Crippen molar-refractivity contribution in [2.45, 2.75) is 45.2 Å². The molecule has 3 aromatic rings. The van der Waals surface area contributed by atoms with Crippen molar-refractivity contribution in [2.75, 3.05) is 53.0 Å². The van der Waals surface area contributed by atoms with Gasteiger partial charge in [-0.25, -0.2) is 0 Å². The predicted molar refractivity (Wildman–Crippen MR) is 161 cm³/mol. The molecule has 1 atom stereocenters. The minimum Gasteiger partial charge on any atom is -0.496 e. The van der Waals surface area contributed by atoms with Gasteiger partial charge in [0.2, 0.25) is 0 Å². The molecule has 1 amide bonds. The SMILES string of the molecule is COc1cc(C)c2[nH]ccc2c1CN1CCC2(CC(C#N)C2)CC1c1ccc(C(=O)NCCN2CC3(COC3)C2)cc1. The van der Waals surface area contributed by atoms with Crippen LogP contribution in [0.25, 0.3) is 10.9 Å². The molecule has 42 heavy (non-hydrogen) atoms. The highest BCUT2D eigenvalue weighted by Crippen LogP contribution is 2.57. The Balaban J connectivity index is 1.07. The summed E-state index contributed by atoms with van der Waals surface area (Å²) in [7, 11) is 1.75. The number of carbonyl (C=O) groups is 1. The van der Waals surface area contributed by atoms with Crippen LogP contribution < -0.4 is 10.1 Å². The first-order chi connectivity index (χ1) is 20.4. The van der Waals surface area contributed by atoms with E-state index in [-0.39, 0.29) is 23.3 Å². The number of benzene rings is 2. The maximum Gasteiger partial charge on any atom is 0.251 e. The number of rotatable bonds is 8. The fourth-order valence-electron chi connectivity index (χ4n) is 8.05. The molecule has 8 heteroatoms. The van der Waals surface area contributed by atoms with Crippen molar-refractivity contribution in [1.82, 2.24) is 20.1 Å². The van der Waals surface area contributed by atoms with Crippen molar-refractivity contribution in [2.24, 2.45) is 16.7 Å². The normalized spacial score (nSPS) is 26.8. The van der Waals surface area contributed by atoms with Gasteiger partial charge in [-0.15, -0.1) is 0 Å². The second-order valence-electron chi connectivity index (χ2n) is 13.4. The average Bonchev–Trinajstić information content (AvgIpc) is 3.44. The Morgan fingerprint density at radius 1 is 1.17 bits per heavy atom. The number of amides is 1. The van der Waals surface area contributed by atoms with Crippen LogP contribution in [0.3, 0.4) is 0 Å². The molecule has 0 radical (unpaired) electrons. The van der Waals surface area contributed by atoms with Crippen LogP contribution in [0.5, 0.6) is 5.75 Å². The van der Waals surface area contributed by atoms with E-state index >= 15 is 0 Å². The van der Waals surface area contributed by atoms with Gasteiger partial charge in [0.05, 0.1) is 26.4 Å². The number of piperidine rings is 1. The van der Waals surface area contributed by atoms with Gasteiger partial charge in [-0.2, -0.15) is 5.26 Å². The molecule has 4 heterocycles. The van der Waals surface area contributed by atoms with Gasteiger partial charge in [-0.3, -0.25) is 9.69 Å². The monoisotopic (exact) mass is 567 g/mol. The highest BCUT2D eigenvalue weighted by atomic mass is 16.5. The van der Waals surface area contributed by atoms with Crippen LogP contribution in [0, 0.1) is 35.0 Å². The summed E-state index contributed by atoms with van der Waals surface area (Å²) in [5.41, 5.74) is 6.11. The van der Waals surface area contributed by atoms with Crippen molar-refractivity contribution in [3.8, 4) is 11.8 Å². The fraction of sp³-hybridized carbons (Fsp3) is 0.529. The number of hydrogen-bond acceptors (Lipinski definition) is 6. The lowest BCUT2D eigenvalue weighted by Crippen LogP contribution is -2.66. The van der Waals surface area contributed by atoms with E-state index in [4.69, 9.17) is 9.47 Å². The number of aryl methyl sites for hydroxylation is 1. The van der Waals surface area contributed by atoms with Crippen LogP contribution >= 0.6 is 0 Å². The number of aromatic amines is 1. The van der Waals surface area contributed by atoms with Gasteiger partial charge >= 0.3 is 0 Å². The number of carbonyl (C=O) groups excluding carboxylic acids is 1. The van der Waals surface area contributed by atoms with E-state index in [2.05, 4.69) is 57.4 Å². The molecule has 4 fully saturated rings. The van der Waals surface area contributed by atoms with Crippen LogP contribution in [0.4, 0.5) is 0 Å². The van der Waals surface area contributed by atoms with Gasteiger partial charge in [-0.1, -0.05) is 12.1 Å². The largest absolute Gasteiger partial charge is 0.496 e. The summed E-state index contributed by atoms with van der Waals surface area (Å²) in [5, 5.41) is 13.8. The quantitative estimate of drug-likeness (QED) is 0.406. The number of nitrogens with one attached hydrogen (secondary N) is 2. The summed E-state index contributed by atoms with van der Waals surface area (Å²) in [6.45, 7) is 9.33. The maximum absolute atomic E-state index is 12.9. The molecule has 220 valence electrons. The lowest BCUT2D eigenvalue weighted by molar-refractivity contribution is -0.188. The Morgan fingerprint density at radius 2 is 1.95 bits per heavy atom. The standard InChI is InChI=1S/C34H41N5O3/c1-23-13-30(41-2)28(27-7-9-36-31(23)27)18-39-11-8-33(14-24(15-33)17-35)16-29(39)25-3-5-26(6-4-25)32(40)37-10-12-38-19-34(20-38)21-42-22-34/h3-7,9,13,24,29,36H,8,10-12,14-16,18-22H2,1-2H3,(H,37,40). The van der Waals surface area contributed by atoms with E-state index in [1.54, 1.807) is 7.11 Å². The molecule has 1 unspecified atom stereocenters. The second-order valence-corrected chi connectivity index (χ2v) is 13.4. The second kappa shape index (κ2) is 10.7. The van der Waals surface area contributed by atoms with E-state index in [1.165, 1.54) is 22.1 Å². The molecule has 4 aliphatic rings. The van der Waals surface area contributed by atoms with Gasteiger partial charge in [-0.05, 0) is 80.0 Å². The van der Waals surface area contributed by atoms with Crippen molar-refractivity contribution < 1.29 is 14.3 Å². The van der Waals surface area contributed by atoms with Crippen molar-refractivity contribution >= 4 is 16.8 Å². The summed E-state index contributed by atoms with van der Waals surface area (Å²) in [6.07, 6.45) is 6.14. The smallest absolute Gasteiger partial charge is 0.251 e. The first kappa shape index (κ1) is 27.5. The summed E-state index contributed by atoms with van der Waals surface area (Å²) < 4.78 is 11.2. The molecule has 7 rings (SSSR count). The van der Waals surface area contributed by atoms with E-state index < -0.39 is 0 Å². The van der Waals surface area contributed by atoms with Crippen LogP contribution in [0.1, 0.15) is 58.8 Å². The summed E-state index contributed by atoms with van der Waals surface area (Å²) in [5.74, 6) is 1.09. The van der Waals surface area contributed by atoms with Gasteiger partial charge in [0.1, 0.15) is 5.75 Å². The molecule has 3 aliphatic heterocycles. The Kier molecular flexibility index (Phi) is 7.00. The third-order valence-electron chi connectivity index (χ3n) is 10.4. The van der Waals surface area contributed by atoms with E-state index in [1.807, 2.05) is 18.3 Å². The van der Waals surface area contributed by atoms with Crippen LogP contribution in [0.2, 0.25) is 0 Å². The van der Waals surface area contributed by atoms with Gasteiger partial charge in [0.15, 0.2) is 0 Å². The van der Waals surface area contributed by atoms with Crippen LogP contribution in [-0.4, -0.2) is 73.7 Å². The van der Waals surface area contributed by atoms with Crippen LogP contribution in [-0.2, 0) is 11.3 Å². The molecule has 1 aliphatic carbocycles. The zero-order valence-electron chi connectivity index (χ0n) is 24.7. The molecule has 1 aromatic heterocycles. The fourth-order valence-corrected chi connectivity index (χ4v) is 8.05. The summed E-state index contributed by atoms with van der Waals surface area (Å²) in [6, 6.07) is 15.2. The first-order valence-corrected chi connectivity index (χ1v) is 15.4. The molecular weight excluding hydrogens is 526 g/mol. The molecule has 2 aromatic carbocycles. The van der Waals surface area contributed by atoms with Crippen LogP contribution in [0.15, 0.2) is 42.6 Å². The Labute approximate surface area is 248 Å². The molecule has 0 bridgehead atoms. The number of likely N-dealkylation sites (tertiary alicyclic amines) is 2. The van der Waals surface area contributed by atoms with E-state index in [0.29, 0.717) is 17.5 Å². The predicted octanol–water partition coefficient (Wildman–Crippen LogP) is 4.80. The van der Waals surface area contributed by atoms with Crippen molar-refractivity contribution in [3.05, 3.63) is 64.8 Å². The average molecular weight is 568 g/mol. The lowest BCUT2D eigenvalue weighted by Gasteiger charge is -2.55. The summed E-state index contributed by atoms with van der Waals surface area (Å²) >= 11 is 0. The highest BCUT2D eigenvalue weighted by Gasteiger charge is 2.49. The van der Waals surface area contributed by atoms with Gasteiger partial charge < -0.3 is 24.7 Å². The Bertz CT molecular complexity index is 1500. The van der Waals surface area contributed by atoms with Gasteiger partial charge in [0, 0.05) is 78.3 Å². The number of nitriles is 1. The number of nitrogens with zero attached hydrogens (tertiary/aromatic N) is 3. The Hall–Kier alpha value is -3.38. The third kappa shape index (κ3) is 4.88. The zero-order valence-corrected chi connectivity index (χ0v) is 24.7. The molecule has 1 saturated carbocycles. The zero-order chi connectivity index (χ0) is 28.9. The third-order valence-corrected chi connectivity index (χ3v) is 10.4. The van der Waals surface area contributed by atoms with E-state index in [0.717, 1.165) is 82.9 Å². The van der Waals surface area contributed by atoms with Crippen molar-refractivity contribution in [3.63, 3.8) is 0 Å². The van der Waals surface area contributed by atoms with Gasteiger partial charge in [0.25, 0.3) is 5.91 Å². The lowest BCUT2D eigenvalue weighted by atomic mass is 9.56. The number of aromatic nitrogens is 1. The number of hydrogen-bond donors (Lipinski definition) is 2. The topological polar surface area (TPSA) is 93.6 Å². The highest BCUT2D eigenvalue weighted by molar-refractivity contribution is 5.94. The first-order valence-electron chi connectivity index (χ1n) is 15.4. The van der Waals surface area contributed by atoms with E-state index in [9.17, 15) is 10.1 Å². The number of H-pyrrole nitrogens is 1. The van der Waals surface area contributed by atoms with Crippen molar-refractivity contribution in [1.29, 1.82) is 5.26 Å². The minimum absolute atomic E-state index is 0.0177. The molecule has 8 nitrogen and oxygen atoms in total. The minimum atomic E-state index is -0.0177. The number of methoxy groups -OCH3 is 1. The molecule has 3 saturated heterocycles. The molecule has 2 spiro atoms. The number of ether oxygens (including phenoxy) is 2. The maximum atomic E-state index is 12.9. The Morgan fingerprint density at radius 3 is 2.64 bits per heavy atom. The summed E-state index contributed by atoms with van der Waals surface area (Å²) in [4.78, 5) is 21.3. The molecular formula is C34H41N5O3.